The molecule has 9 nitrogen and oxygen atoms in total. The Hall–Kier alpha value is -3.42. The molecule has 2 saturated heterocycles. The van der Waals surface area contributed by atoms with Crippen LogP contribution in [0.25, 0.3) is 0 Å². The smallest absolute Gasteiger partial charge is 0.478 e. The van der Waals surface area contributed by atoms with Crippen molar-refractivity contribution >= 4 is 35.1 Å². The van der Waals surface area contributed by atoms with Gasteiger partial charge in [-0.25, -0.2) is 14.0 Å². The zero-order chi connectivity index (χ0) is 28.9. The number of rotatable bonds is 5. The molecule has 2 aromatic rings. The van der Waals surface area contributed by atoms with Crippen molar-refractivity contribution in [1.29, 1.82) is 0 Å². The minimum absolute atomic E-state index is 0.00766. The third-order valence-corrected chi connectivity index (χ3v) is 6.64. The maximum Gasteiger partial charge on any atom is 0.490 e. The number of carbonyl (C=O) groups excluding carboxylic acids is 1. The lowest BCUT2D eigenvalue weighted by molar-refractivity contribution is -0.192. The molecular weight excluding hydrogens is 550 g/mol. The van der Waals surface area contributed by atoms with Gasteiger partial charge in [-0.3, -0.25) is 4.79 Å². The second kappa shape index (κ2) is 12.6. The lowest BCUT2D eigenvalue weighted by Gasteiger charge is -2.34. The van der Waals surface area contributed by atoms with Crippen molar-refractivity contribution < 1.29 is 47.3 Å². The number of carbonyl (C=O) groups is 3. The molecule has 0 bridgehead atoms. The van der Waals surface area contributed by atoms with Gasteiger partial charge in [-0.1, -0.05) is 11.6 Å². The number of amides is 1. The Morgan fingerprint density at radius 1 is 0.974 bits per heavy atom. The fraction of sp³-hybridized carbons (Fsp3) is 0.400. The Balaban J connectivity index is 0.000000532. The molecule has 1 amide bonds. The van der Waals surface area contributed by atoms with Gasteiger partial charge in [-0.05, 0) is 55.3 Å². The van der Waals surface area contributed by atoms with Crippen LogP contribution in [0.3, 0.4) is 0 Å². The number of aliphatic hydroxyl groups excluding tert-OH is 1. The lowest BCUT2D eigenvalue weighted by atomic mass is 10.0. The molecule has 2 atom stereocenters. The summed E-state index contributed by atoms with van der Waals surface area (Å²) in [6.07, 6.45) is -4.32. The van der Waals surface area contributed by atoms with E-state index in [-0.39, 0.29) is 35.8 Å². The predicted molar refractivity (Wildman–Crippen MR) is 133 cm³/mol. The van der Waals surface area contributed by atoms with E-state index in [2.05, 4.69) is 5.32 Å². The largest absolute Gasteiger partial charge is 0.490 e. The lowest BCUT2D eigenvalue weighted by Crippen LogP contribution is -2.50. The molecule has 4 N–H and O–H groups in total. The van der Waals surface area contributed by atoms with Crippen molar-refractivity contribution in [2.45, 2.75) is 37.2 Å². The van der Waals surface area contributed by atoms with Gasteiger partial charge in [0.25, 0.3) is 5.91 Å². The number of piperidine rings is 1. The monoisotopic (exact) mass is 575 g/mol. The first-order valence-electron chi connectivity index (χ1n) is 11.8. The fourth-order valence-electron chi connectivity index (χ4n) is 4.42. The molecule has 0 radical (unpaired) electrons. The van der Waals surface area contributed by atoms with Crippen molar-refractivity contribution in [3.05, 3.63) is 64.4 Å². The molecule has 2 aliphatic heterocycles. The number of carboxylic acid groups (broad SMARTS) is 2. The van der Waals surface area contributed by atoms with Crippen LogP contribution in [0.15, 0.2) is 42.5 Å². The average molecular weight is 576 g/mol. The summed E-state index contributed by atoms with van der Waals surface area (Å²) in [5.41, 5.74) is 0.879. The molecule has 2 heterocycles. The second-order valence-corrected chi connectivity index (χ2v) is 9.52. The van der Waals surface area contributed by atoms with Gasteiger partial charge in [0.1, 0.15) is 5.82 Å². The molecule has 14 heteroatoms. The van der Waals surface area contributed by atoms with E-state index in [0.717, 1.165) is 18.9 Å². The second-order valence-electron chi connectivity index (χ2n) is 9.09. The van der Waals surface area contributed by atoms with E-state index in [9.17, 15) is 37.4 Å². The highest BCUT2D eigenvalue weighted by Crippen LogP contribution is 2.27. The van der Waals surface area contributed by atoms with Crippen LogP contribution in [-0.4, -0.2) is 88.6 Å². The van der Waals surface area contributed by atoms with Gasteiger partial charge in [-0.15, -0.1) is 0 Å². The fourth-order valence-corrected chi connectivity index (χ4v) is 4.55. The molecule has 0 aliphatic carbocycles. The van der Waals surface area contributed by atoms with E-state index in [1.165, 1.54) is 12.1 Å². The Labute approximate surface area is 225 Å². The molecular formula is C25H26ClF4N3O6. The SMILES string of the molecule is O=C(O)C(F)(F)F.O=C(O)c1ccc(F)cc1N1CC(NC2CCN(C(=O)c3ccc(Cl)cc3)CC2)[C@H](O)C1. The van der Waals surface area contributed by atoms with E-state index in [1.54, 1.807) is 29.2 Å². The number of benzene rings is 2. The molecule has 0 spiro atoms. The summed E-state index contributed by atoms with van der Waals surface area (Å²) in [7, 11) is 0. The highest BCUT2D eigenvalue weighted by atomic mass is 35.5. The molecule has 0 saturated carbocycles. The van der Waals surface area contributed by atoms with Crippen LogP contribution in [0.5, 0.6) is 0 Å². The first kappa shape index (κ1) is 30.1. The van der Waals surface area contributed by atoms with Gasteiger partial charge < -0.3 is 30.4 Å². The van der Waals surface area contributed by atoms with E-state index in [0.29, 0.717) is 30.2 Å². The zero-order valence-corrected chi connectivity index (χ0v) is 21.1. The molecule has 4 rings (SSSR count). The molecule has 39 heavy (non-hydrogen) atoms. The van der Waals surface area contributed by atoms with E-state index in [1.807, 2.05) is 4.90 Å². The summed E-state index contributed by atoms with van der Waals surface area (Å²) in [5.74, 6) is -4.44. The number of hydrogen-bond donors (Lipinski definition) is 4. The number of anilines is 1. The predicted octanol–water partition coefficient (Wildman–Crippen LogP) is 3.25. The number of aromatic carboxylic acids is 1. The minimum Gasteiger partial charge on any atom is -0.478 e. The minimum atomic E-state index is -5.08. The normalized spacial score (nSPS) is 19.8. The number of alkyl halides is 3. The summed E-state index contributed by atoms with van der Waals surface area (Å²) >= 11 is 5.89. The third-order valence-electron chi connectivity index (χ3n) is 6.39. The Kier molecular flexibility index (Phi) is 9.75. The summed E-state index contributed by atoms with van der Waals surface area (Å²) < 4.78 is 45.5. The maximum atomic E-state index is 13.7. The Morgan fingerprint density at radius 2 is 1.56 bits per heavy atom. The number of halogens is 5. The van der Waals surface area contributed by atoms with Gasteiger partial charge in [0.2, 0.25) is 0 Å². The van der Waals surface area contributed by atoms with Crippen LogP contribution in [0.4, 0.5) is 23.2 Å². The van der Waals surface area contributed by atoms with Gasteiger partial charge in [0, 0.05) is 42.8 Å². The van der Waals surface area contributed by atoms with Crippen molar-refractivity contribution in [1.82, 2.24) is 10.2 Å². The van der Waals surface area contributed by atoms with E-state index >= 15 is 0 Å². The Bertz CT molecular complexity index is 1190. The summed E-state index contributed by atoms with van der Waals surface area (Å²) in [5, 5.41) is 31.1. The molecule has 212 valence electrons. The highest BCUT2D eigenvalue weighted by molar-refractivity contribution is 6.30. The van der Waals surface area contributed by atoms with Gasteiger partial charge in [0.05, 0.1) is 23.4 Å². The molecule has 2 fully saturated rings. The first-order valence-corrected chi connectivity index (χ1v) is 12.2. The van der Waals surface area contributed by atoms with Crippen LogP contribution in [0.1, 0.15) is 33.6 Å². The number of likely N-dealkylation sites (tertiary alicyclic amines) is 1. The zero-order valence-electron chi connectivity index (χ0n) is 20.4. The average Bonchev–Trinajstić information content (AvgIpc) is 3.24. The number of aliphatic carboxylic acids is 1. The number of hydrogen-bond acceptors (Lipinski definition) is 6. The maximum absolute atomic E-state index is 13.7. The van der Waals surface area contributed by atoms with Crippen molar-refractivity contribution in [2.75, 3.05) is 31.1 Å². The standard InChI is InChI=1S/C23H25ClFN3O4.C2HF3O2/c24-15-3-1-14(2-4-15)22(30)27-9-7-17(8-10-27)26-19-12-28(13-21(19)29)20-11-16(25)5-6-18(20)23(31)32;3-2(4,5)1(6)7/h1-6,11,17,19,21,26,29H,7-10,12-13H2,(H,31,32);(H,6,7)/t19?,21-;/m1./s1. The molecule has 0 aromatic heterocycles. The van der Waals surface area contributed by atoms with Crippen LogP contribution in [-0.2, 0) is 4.79 Å². The van der Waals surface area contributed by atoms with Crippen LogP contribution >= 0.6 is 11.6 Å². The quantitative estimate of drug-likeness (QED) is 0.400. The van der Waals surface area contributed by atoms with Crippen LogP contribution < -0.4 is 10.2 Å². The van der Waals surface area contributed by atoms with Crippen molar-refractivity contribution in [2.24, 2.45) is 0 Å². The number of carboxylic acids is 2. The van der Waals surface area contributed by atoms with Gasteiger partial charge in [0.15, 0.2) is 0 Å². The number of β-amino-alcohol motifs (C(OH)–C–C–N with tert-alkyl or cyclic N) is 1. The first-order chi connectivity index (χ1) is 18.3. The number of nitrogens with zero attached hydrogens (tertiary/aromatic N) is 2. The summed E-state index contributed by atoms with van der Waals surface area (Å²) in [4.78, 5) is 36.6. The highest BCUT2D eigenvalue weighted by Gasteiger charge is 2.38. The third kappa shape index (κ3) is 8.04. The van der Waals surface area contributed by atoms with Crippen molar-refractivity contribution in [3.63, 3.8) is 0 Å². The van der Waals surface area contributed by atoms with Crippen LogP contribution in [0.2, 0.25) is 5.02 Å². The van der Waals surface area contributed by atoms with Crippen LogP contribution in [0, 0.1) is 5.82 Å². The summed E-state index contributed by atoms with van der Waals surface area (Å²) in [6, 6.07) is 10.2. The van der Waals surface area contributed by atoms with Crippen molar-refractivity contribution in [3.8, 4) is 0 Å². The summed E-state index contributed by atoms with van der Waals surface area (Å²) in [6.45, 7) is 1.78. The molecule has 2 aromatic carbocycles. The topological polar surface area (TPSA) is 130 Å². The molecule has 2 aliphatic rings. The van der Waals surface area contributed by atoms with Gasteiger partial charge >= 0.3 is 18.1 Å². The van der Waals surface area contributed by atoms with E-state index in [4.69, 9.17) is 21.5 Å². The Morgan fingerprint density at radius 3 is 2.10 bits per heavy atom. The van der Waals surface area contributed by atoms with E-state index < -0.39 is 30.0 Å². The number of nitrogens with one attached hydrogen (secondary N) is 1. The van der Waals surface area contributed by atoms with Gasteiger partial charge in [-0.2, -0.15) is 13.2 Å². The number of aliphatic hydroxyl groups is 1. The molecule has 1 unspecified atom stereocenters.